The lowest BCUT2D eigenvalue weighted by Crippen LogP contribution is -1.94. The first kappa shape index (κ1) is 19.1. The maximum atomic E-state index is 14.2. The van der Waals surface area contributed by atoms with E-state index in [4.69, 9.17) is 21.9 Å². The second kappa shape index (κ2) is 7.63. The number of hydrogen-bond donors (Lipinski definition) is 2. The monoisotopic (exact) mass is 412 g/mol. The Morgan fingerprint density at radius 3 is 2.76 bits per heavy atom. The summed E-state index contributed by atoms with van der Waals surface area (Å²) in [6.45, 7) is 4.09. The van der Waals surface area contributed by atoms with Crippen molar-refractivity contribution < 1.29 is 8.91 Å². The molecule has 3 heterocycles. The van der Waals surface area contributed by atoms with Gasteiger partial charge in [0.2, 0.25) is 0 Å². The van der Waals surface area contributed by atoms with Gasteiger partial charge in [0.05, 0.1) is 16.3 Å². The molecule has 4 aromatic rings. The highest BCUT2D eigenvalue weighted by Gasteiger charge is 2.18. The van der Waals surface area contributed by atoms with E-state index in [1.807, 2.05) is 6.92 Å². The summed E-state index contributed by atoms with van der Waals surface area (Å²) in [5.74, 6) is 1.19. The normalized spacial score (nSPS) is 12.3. The SMILES string of the molecule is CCC(C)c1noc(-c2ccc(-c3[nH]c(-c4c(F)cccc4Cl)nc3N)cn2)n1. The molecule has 0 aliphatic heterocycles. The Hall–Kier alpha value is -3.26. The Balaban J connectivity index is 1.65. The van der Waals surface area contributed by atoms with Gasteiger partial charge in [-0.1, -0.05) is 36.7 Å². The van der Waals surface area contributed by atoms with Crippen LogP contribution in [0, 0.1) is 5.82 Å². The van der Waals surface area contributed by atoms with Crippen molar-refractivity contribution in [1.82, 2.24) is 25.1 Å². The molecule has 0 aliphatic rings. The summed E-state index contributed by atoms with van der Waals surface area (Å²) in [5, 5.41) is 4.24. The molecule has 0 spiro atoms. The quantitative estimate of drug-likeness (QED) is 0.473. The first-order valence-corrected chi connectivity index (χ1v) is 9.46. The molecule has 148 valence electrons. The van der Waals surface area contributed by atoms with Gasteiger partial charge in [-0.2, -0.15) is 4.98 Å². The Bertz CT molecular complexity index is 1130. The third-order valence-corrected chi connectivity index (χ3v) is 5.01. The number of anilines is 1. The number of halogens is 2. The van der Waals surface area contributed by atoms with E-state index < -0.39 is 5.82 Å². The Morgan fingerprint density at radius 2 is 2.07 bits per heavy atom. The minimum Gasteiger partial charge on any atom is -0.382 e. The van der Waals surface area contributed by atoms with Crippen LogP contribution in [0.3, 0.4) is 0 Å². The third kappa shape index (κ3) is 3.58. The van der Waals surface area contributed by atoms with Gasteiger partial charge in [-0.15, -0.1) is 0 Å². The first-order chi connectivity index (χ1) is 14.0. The molecular weight excluding hydrogens is 395 g/mol. The molecular formula is C20H18ClFN6O. The molecule has 0 fully saturated rings. The minimum atomic E-state index is -0.486. The number of benzene rings is 1. The van der Waals surface area contributed by atoms with Gasteiger partial charge in [-0.25, -0.2) is 9.37 Å². The highest BCUT2D eigenvalue weighted by molar-refractivity contribution is 6.33. The van der Waals surface area contributed by atoms with Crippen LogP contribution >= 0.6 is 11.6 Å². The molecule has 0 saturated carbocycles. The molecule has 3 N–H and O–H groups in total. The van der Waals surface area contributed by atoms with Crippen LogP contribution in [0.25, 0.3) is 34.2 Å². The van der Waals surface area contributed by atoms with Crippen molar-refractivity contribution in [1.29, 1.82) is 0 Å². The first-order valence-electron chi connectivity index (χ1n) is 9.08. The van der Waals surface area contributed by atoms with E-state index in [9.17, 15) is 4.39 Å². The van der Waals surface area contributed by atoms with E-state index >= 15 is 0 Å². The molecule has 0 aliphatic carbocycles. The number of hydrogen-bond acceptors (Lipinski definition) is 6. The topological polar surface area (TPSA) is 107 Å². The molecule has 9 heteroatoms. The average Bonchev–Trinajstić information content (AvgIpc) is 3.35. The lowest BCUT2D eigenvalue weighted by molar-refractivity contribution is 0.415. The van der Waals surface area contributed by atoms with Gasteiger partial charge < -0.3 is 15.2 Å². The van der Waals surface area contributed by atoms with Crippen molar-refractivity contribution in [3.05, 3.63) is 53.2 Å². The van der Waals surface area contributed by atoms with Crippen LogP contribution in [-0.2, 0) is 0 Å². The van der Waals surface area contributed by atoms with Gasteiger partial charge in [0.25, 0.3) is 5.89 Å². The summed E-state index contributed by atoms with van der Waals surface area (Å²) in [4.78, 5) is 16.0. The van der Waals surface area contributed by atoms with Crippen molar-refractivity contribution >= 4 is 17.4 Å². The fraction of sp³-hybridized carbons (Fsp3) is 0.200. The molecule has 1 atom stereocenters. The van der Waals surface area contributed by atoms with Crippen LogP contribution in [0.2, 0.25) is 5.02 Å². The zero-order chi connectivity index (χ0) is 20.5. The summed E-state index contributed by atoms with van der Waals surface area (Å²) in [6, 6.07) is 7.98. The van der Waals surface area contributed by atoms with Gasteiger partial charge in [0, 0.05) is 17.7 Å². The van der Waals surface area contributed by atoms with Crippen LogP contribution in [-0.4, -0.2) is 25.1 Å². The maximum absolute atomic E-state index is 14.2. The standard InChI is InChI=1S/C20H18ClFN6O/c1-3-10(2)18-27-20(29-28-18)14-8-7-11(9-24-14)16-17(23)26-19(25-16)15-12(21)5-4-6-13(15)22/h4-10H,3,23H2,1-2H3,(H,25,26). The molecule has 0 bridgehead atoms. The molecule has 3 aromatic heterocycles. The van der Waals surface area contributed by atoms with Crippen LogP contribution in [0.15, 0.2) is 41.1 Å². The van der Waals surface area contributed by atoms with Crippen LogP contribution < -0.4 is 5.73 Å². The average molecular weight is 413 g/mol. The second-order valence-corrected chi connectivity index (χ2v) is 7.05. The lowest BCUT2D eigenvalue weighted by Gasteiger charge is -2.02. The van der Waals surface area contributed by atoms with Crippen LogP contribution in [0.1, 0.15) is 32.0 Å². The molecule has 0 amide bonds. The summed E-state index contributed by atoms with van der Waals surface area (Å²) in [6.07, 6.45) is 2.53. The molecule has 29 heavy (non-hydrogen) atoms. The maximum Gasteiger partial charge on any atom is 0.276 e. The number of nitrogens with two attached hydrogens (primary N) is 1. The zero-order valence-electron chi connectivity index (χ0n) is 15.8. The summed E-state index contributed by atoms with van der Waals surface area (Å²) < 4.78 is 19.5. The number of aromatic amines is 1. The fourth-order valence-electron chi connectivity index (χ4n) is 2.84. The Labute approximate surface area is 171 Å². The Kier molecular flexibility index (Phi) is 5.02. The number of imidazole rings is 1. The van der Waals surface area contributed by atoms with Crippen molar-refractivity contribution in [2.75, 3.05) is 5.73 Å². The largest absolute Gasteiger partial charge is 0.382 e. The number of rotatable bonds is 5. The molecule has 1 aromatic carbocycles. The van der Waals surface area contributed by atoms with Crippen LogP contribution in [0.4, 0.5) is 10.2 Å². The summed E-state index contributed by atoms with van der Waals surface area (Å²) >= 11 is 6.12. The Morgan fingerprint density at radius 1 is 1.24 bits per heavy atom. The number of nitrogens with one attached hydrogen (secondary N) is 1. The van der Waals surface area contributed by atoms with Gasteiger partial charge in [-0.05, 0) is 30.7 Å². The summed E-state index contributed by atoms with van der Waals surface area (Å²) in [5.41, 5.74) is 7.95. The molecule has 0 saturated heterocycles. The number of nitrogen functional groups attached to an aromatic ring is 1. The van der Waals surface area contributed by atoms with E-state index in [0.29, 0.717) is 28.7 Å². The van der Waals surface area contributed by atoms with E-state index in [1.54, 1.807) is 24.4 Å². The number of nitrogens with zero attached hydrogens (tertiary/aromatic N) is 4. The highest BCUT2D eigenvalue weighted by Crippen LogP contribution is 2.33. The van der Waals surface area contributed by atoms with E-state index in [1.165, 1.54) is 12.1 Å². The minimum absolute atomic E-state index is 0.167. The third-order valence-electron chi connectivity index (χ3n) is 4.70. The van der Waals surface area contributed by atoms with Gasteiger partial charge in [0.1, 0.15) is 23.2 Å². The van der Waals surface area contributed by atoms with E-state index in [0.717, 1.165) is 6.42 Å². The van der Waals surface area contributed by atoms with Gasteiger partial charge >= 0.3 is 0 Å². The predicted molar refractivity (Wildman–Crippen MR) is 109 cm³/mol. The molecule has 0 radical (unpaired) electrons. The van der Waals surface area contributed by atoms with Gasteiger partial charge in [0.15, 0.2) is 5.82 Å². The van der Waals surface area contributed by atoms with Crippen LogP contribution in [0.5, 0.6) is 0 Å². The number of H-pyrrole nitrogens is 1. The summed E-state index contributed by atoms with van der Waals surface area (Å²) in [7, 11) is 0. The second-order valence-electron chi connectivity index (χ2n) is 6.64. The number of pyridine rings is 1. The molecule has 7 nitrogen and oxygen atoms in total. The van der Waals surface area contributed by atoms with Crippen molar-refractivity contribution in [2.24, 2.45) is 0 Å². The fourth-order valence-corrected chi connectivity index (χ4v) is 3.09. The van der Waals surface area contributed by atoms with Gasteiger partial charge in [-0.3, -0.25) is 4.98 Å². The van der Waals surface area contributed by atoms with E-state index in [2.05, 4.69) is 32.0 Å². The number of aromatic nitrogens is 5. The van der Waals surface area contributed by atoms with Crippen molar-refractivity contribution in [3.8, 4) is 34.2 Å². The zero-order valence-corrected chi connectivity index (χ0v) is 16.5. The molecule has 4 rings (SSSR count). The highest BCUT2D eigenvalue weighted by atomic mass is 35.5. The van der Waals surface area contributed by atoms with E-state index in [-0.39, 0.29) is 28.1 Å². The molecule has 1 unspecified atom stereocenters. The predicted octanol–water partition coefficient (Wildman–Crippen LogP) is 5.08. The van der Waals surface area contributed by atoms with Crippen molar-refractivity contribution in [3.63, 3.8) is 0 Å². The smallest absolute Gasteiger partial charge is 0.276 e. The van der Waals surface area contributed by atoms with Crippen molar-refractivity contribution in [2.45, 2.75) is 26.2 Å². The lowest BCUT2D eigenvalue weighted by atomic mass is 10.1.